The summed E-state index contributed by atoms with van der Waals surface area (Å²) in [5.41, 5.74) is 3.90. The van der Waals surface area contributed by atoms with Crippen LogP contribution in [0.4, 0.5) is 0 Å². The number of nitrogens with one attached hydrogen (secondary N) is 1. The van der Waals surface area contributed by atoms with Crippen LogP contribution in [0.3, 0.4) is 0 Å². The highest BCUT2D eigenvalue weighted by molar-refractivity contribution is 5.89. The van der Waals surface area contributed by atoms with Gasteiger partial charge in [0.15, 0.2) is 0 Å². The van der Waals surface area contributed by atoms with Gasteiger partial charge in [-0.15, -0.1) is 0 Å². The van der Waals surface area contributed by atoms with Gasteiger partial charge < -0.3 is 0 Å². The Morgan fingerprint density at radius 1 is 0.571 bits per heavy atom. The summed E-state index contributed by atoms with van der Waals surface area (Å²) in [7, 11) is 0. The number of H-pyrrole nitrogens is 1. The summed E-state index contributed by atoms with van der Waals surface area (Å²) in [6.45, 7) is 0. The molecule has 0 fully saturated rings. The van der Waals surface area contributed by atoms with Crippen LogP contribution in [0.5, 0.6) is 0 Å². The number of benzene rings is 3. The van der Waals surface area contributed by atoms with Crippen molar-refractivity contribution in [2.75, 3.05) is 0 Å². The Labute approximate surface area is 122 Å². The van der Waals surface area contributed by atoms with Gasteiger partial charge in [-0.05, 0) is 16.8 Å². The Balaban J connectivity index is 1.88. The monoisotopic (exact) mass is 271 g/mol. The summed E-state index contributed by atoms with van der Waals surface area (Å²) in [4.78, 5) is 0. The molecule has 1 N–H and O–H groups in total. The van der Waals surface area contributed by atoms with Gasteiger partial charge in [0.05, 0.1) is 0 Å². The molecule has 0 amide bonds. The van der Waals surface area contributed by atoms with Crippen LogP contribution in [-0.2, 0) is 0 Å². The van der Waals surface area contributed by atoms with Crippen LogP contribution in [0.1, 0.15) is 0 Å². The Hall–Kier alpha value is -2.94. The molecule has 0 aliphatic heterocycles. The molecule has 3 heteroatoms. The lowest BCUT2D eigenvalue weighted by atomic mass is 10.0. The van der Waals surface area contributed by atoms with E-state index in [4.69, 9.17) is 0 Å². The van der Waals surface area contributed by atoms with Crippen molar-refractivity contribution in [1.29, 1.82) is 0 Å². The molecule has 0 aliphatic rings. The highest BCUT2D eigenvalue weighted by Gasteiger charge is 2.12. The summed E-state index contributed by atoms with van der Waals surface area (Å²) in [5, 5.41) is 13.8. The molecular weight excluding hydrogens is 258 g/mol. The van der Waals surface area contributed by atoms with Crippen molar-refractivity contribution in [3.8, 4) is 22.5 Å². The number of hydrogen-bond acceptors (Lipinski definition) is 2. The number of aromatic amines is 1. The average Bonchev–Trinajstić information content (AvgIpc) is 3.05. The van der Waals surface area contributed by atoms with Crippen molar-refractivity contribution in [1.82, 2.24) is 15.4 Å². The van der Waals surface area contributed by atoms with Gasteiger partial charge in [-0.25, -0.2) is 0 Å². The zero-order valence-corrected chi connectivity index (χ0v) is 11.3. The van der Waals surface area contributed by atoms with Gasteiger partial charge in [-0.1, -0.05) is 66.7 Å². The summed E-state index contributed by atoms with van der Waals surface area (Å²) in [6, 6.07) is 24.8. The highest BCUT2D eigenvalue weighted by Crippen LogP contribution is 2.30. The molecule has 1 heterocycles. The molecule has 1 aromatic heterocycles. The van der Waals surface area contributed by atoms with Crippen molar-refractivity contribution in [2.24, 2.45) is 0 Å². The SMILES string of the molecule is c1ccc(-c2n[nH]nc2-c2ccc3ccccc3c2)cc1. The molecule has 4 aromatic rings. The number of aromatic nitrogens is 3. The smallest absolute Gasteiger partial charge is 0.120 e. The molecule has 0 aliphatic carbocycles. The third-order valence-electron chi connectivity index (χ3n) is 3.62. The Morgan fingerprint density at radius 2 is 1.24 bits per heavy atom. The minimum absolute atomic E-state index is 0.880. The maximum absolute atomic E-state index is 4.33. The molecule has 100 valence electrons. The van der Waals surface area contributed by atoms with E-state index in [1.807, 2.05) is 42.5 Å². The van der Waals surface area contributed by atoms with E-state index in [-0.39, 0.29) is 0 Å². The Morgan fingerprint density at radius 3 is 2.05 bits per heavy atom. The quantitative estimate of drug-likeness (QED) is 0.591. The zero-order valence-electron chi connectivity index (χ0n) is 11.3. The maximum Gasteiger partial charge on any atom is 0.120 e. The molecule has 0 saturated carbocycles. The van der Waals surface area contributed by atoms with Gasteiger partial charge in [-0.2, -0.15) is 15.4 Å². The second kappa shape index (κ2) is 4.87. The van der Waals surface area contributed by atoms with Crippen molar-refractivity contribution in [3.63, 3.8) is 0 Å². The summed E-state index contributed by atoms with van der Waals surface area (Å²) in [6.07, 6.45) is 0. The number of rotatable bonds is 2. The second-order valence-electron chi connectivity index (χ2n) is 4.95. The van der Waals surface area contributed by atoms with Gasteiger partial charge in [0.2, 0.25) is 0 Å². The standard InChI is InChI=1S/C18H13N3/c1-2-7-14(8-3-1)17-18(20-21-19-17)16-11-10-13-6-4-5-9-15(13)12-16/h1-12H,(H,19,20,21). The van der Waals surface area contributed by atoms with Gasteiger partial charge >= 0.3 is 0 Å². The van der Waals surface area contributed by atoms with E-state index in [0.717, 1.165) is 22.5 Å². The molecule has 0 bridgehead atoms. The van der Waals surface area contributed by atoms with Crippen molar-refractivity contribution >= 4 is 10.8 Å². The first-order chi connectivity index (χ1) is 10.4. The number of fused-ring (bicyclic) bond motifs is 1. The van der Waals surface area contributed by atoms with Crippen molar-refractivity contribution < 1.29 is 0 Å². The van der Waals surface area contributed by atoms with Crippen LogP contribution in [0.2, 0.25) is 0 Å². The number of nitrogens with zero attached hydrogens (tertiary/aromatic N) is 2. The first-order valence-corrected chi connectivity index (χ1v) is 6.87. The predicted octanol–water partition coefficient (Wildman–Crippen LogP) is 4.29. The van der Waals surface area contributed by atoms with E-state index >= 15 is 0 Å². The van der Waals surface area contributed by atoms with Gasteiger partial charge in [0.1, 0.15) is 11.4 Å². The normalized spacial score (nSPS) is 10.9. The molecule has 3 aromatic carbocycles. The molecule has 21 heavy (non-hydrogen) atoms. The lowest BCUT2D eigenvalue weighted by Crippen LogP contribution is -1.84. The van der Waals surface area contributed by atoms with E-state index < -0.39 is 0 Å². The molecule has 0 spiro atoms. The van der Waals surface area contributed by atoms with Crippen LogP contribution in [0.15, 0.2) is 72.8 Å². The fourth-order valence-corrected chi connectivity index (χ4v) is 2.57. The molecule has 0 radical (unpaired) electrons. The largest absolute Gasteiger partial charge is 0.197 e. The van der Waals surface area contributed by atoms with E-state index in [1.54, 1.807) is 0 Å². The first kappa shape index (κ1) is 11.9. The lowest BCUT2D eigenvalue weighted by molar-refractivity contribution is 0.944. The van der Waals surface area contributed by atoms with Gasteiger partial charge in [-0.3, -0.25) is 0 Å². The lowest BCUT2D eigenvalue weighted by Gasteiger charge is -2.03. The van der Waals surface area contributed by atoms with E-state index in [0.29, 0.717) is 0 Å². The Kier molecular flexibility index (Phi) is 2.75. The zero-order chi connectivity index (χ0) is 14.1. The summed E-state index contributed by atoms with van der Waals surface area (Å²) < 4.78 is 0. The van der Waals surface area contributed by atoms with Crippen LogP contribution >= 0.6 is 0 Å². The molecule has 0 unspecified atom stereocenters. The molecular formula is C18H13N3. The van der Waals surface area contributed by atoms with E-state index in [9.17, 15) is 0 Å². The number of hydrogen-bond donors (Lipinski definition) is 1. The van der Waals surface area contributed by atoms with Gasteiger partial charge in [0, 0.05) is 11.1 Å². The van der Waals surface area contributed by atoms with Crippen LogP contribution in [0, 0.1) is 0 Å². The van der Waals surface area contributed by atoms with Crippen LogP contribution < -0.4 is 0 Å². The van der Waals surface area contributed by atoms with E-state index in [2.05, 4.69) is 45.7 Å². The fraction of sp³-hybridized carbons (Fsp3) is 0. The minimum atomic E-state index is 0.880. The minimum Gasteiger partial charge on any atom is -0.197 e. The Bertz CT molecular complexity index is 894. The van der Waals surface area contributed by atoms with Gasteiger partial charge in [0.25, 0.3) is 0 Å². The maximum atomic E-state index is 4.33. The highest BCUT2D eigenvalue weighted by atomic mass is 15.3. The van der Waals surface area contributed by atoms with Crippen molar-refractivity contribution in [3.05, 3.63) is 72.8 Å². The molecule has 0 saturated heterocycles. The third-order valence-corrected chi connectivity index (χ3v) is 3.62. The average molecular weight is 271 g/mol. The molecule has 0 atom stereocenters. The van der Waals surface area contributed by atoms with Crippen LogP contribution in [-0.4, -0.2) is 15.4 Å². The van der Waals surface area contributed by atoms with Crippen LogP contribution in [0.25, 0.3) is 33.3 Å². The van der Waals surface area contributed by atoms with E-state index in [1.165, 1.54) is 10.8 Å². The first-order valence-electron chi connectivity index (χ1n) is 6.87. The second-order valence-corrected chi connectivity index (χ2v) is 4.95. The third kappa shape index (κ3) is 2.09. The molecule has 4 rings (SSSR count). The summed E-state index contributed by atoms with van der Waals surface area (Å²) in [5.74, 6) is 0. The topological polar surface area (TPSA) is 41.6 Å². The summed E-state index contributed by atoms with van der Waals surface area (Å²) >= 11 is 0. The fourth-order valence-electron chi connectivity index (χ4n) is 2.57. The molecule has 3 nitrogen and oxygen atoms in total. The predicted molar refractivity (Wildman–Crippen MR) is 84.8 cm³/mol. The van der Waals surface area contributed by atoms with Crippen molar-refractivity contribution in [2.45, 2.75) is 0 Å².